The van der Waals surface area contributed by atoms with Crippen LogP contribution in [-0.4, -0.2) is 15.6 Å². The van der Waals surface area contributed by atoms with Crippen LogP contribution in [0.25, 0.3) is 11.1 Å². The second-order valence-electron chi connectivity index (χ2n) is 6.66. The molecule has 0 saturated carbocycles. The van der Waals surface area contributed by atoms with Crippen LogP contribution in [0, 0.1) is 6.92 Å². The van der Waals surface area contributed by atoms with Crippen molar-refractivity contribution >= 4 is 17.5 Å². The van der Waals surface area contributed by atoms with Crippen molar-refractivity contribution in [2.24, 2.45) is 5.73 Å². The Morgan fingerprint density at radius 2 is 1.93 bits per heavy atom. The Hall–Kier alpha value is -2.72. The van der Waals surface area contributed by atoms with Gasteiger partial charge in [0.1, 0.15) is 5.75 Å². The van der Waals surface area contributed by atoms with Crippen molar-refractivity contribution in [3.63, 3.8) is 0 Å². The molecule has 2 aromatic carbocycles. The Balaban J connectivity index is 2.24. The number of benzene rings is 2. The molecule has 27 heavy (non-hydrogen) atoms. The summed E-state index contributed by atoms with van der Waals surface area (Å²) in [6.45, 7) is 4.61. The van der Waals surface area contributed by atoms with Gasteiger partial charge < -0.3 is 15.4 Å². The zero-order chi connectivity index (χ0) is 19.6. The SMILES string of the molecule is CCCc1c(-c2cccc(O)c2)c(C(N)=O)c(C)n1Cc1cccc(Cl)c1. The molecule has 140 valence electrons. The van der Waals surface area contributed by atoms with E-state index in [9.17, 15) is 9.90 Å². The fourth-order valence-electron chi connectivity index (χ4n) is 3.60. The van der Waals surface area contributed by atoms with Crippen molar-refractivity contribution in [3.8, 4) is 16.9 Å². The zero-order valence-corrected chi connectivity index (χ0v) is 16.3. The summed E-state index contributed by atoms with van der Waals surface area (Å²) >= 11 is 6.14. The summed E-state index contributed by atoms with van der Waals surface area (Å²) in [6, 6.07) is 14.6. The summed E-state index contributed by atoms with van der Waals surface area (Å²) in [7, 11) is 0. The highest BCUT2D eigenvalue weighted by Gasteiger charge is 2.24. The van der Waals surface area contributed by atoms with E-state index in [1.54, 1.807) is 18.2 Å². The van der Waals surface area contributed by atoms with Gasteiger partial charge in [-0.3, -0.25) is 4.79 Å². The number of halogens is 1. The summed E-state index contributed by atoms with van der Waals surface area (Å²) in [4.78, 5) is 12.3. The van der Waals surface area contributed by atoms with Crippen molar-refractivity contribution in [3.05, 3.63) is 76.1 Å². The van der Waals surface area contributed by atoms with Crippen molar-refractivity contribution in [2.75, 3.05) is 0 Å². The summed E-state index contributed by atoms with van der Waals surface area (Å²) in [5, 5.41) is 10.6. The smallest absolute Gasteiger partial charge is 0.251 e. The number of carbonyl (C=O) groups excluding carboxylic acids is 1. The molecule has 1 heterocycles. The number of hydrogen-bond acceptors (Lipinski definition) is 2. The van der Waals surface area contributed by atoms with Gasteiger partial charge in [0, 0.05) is 28.5 Å². The van der Waals surface area contributed by atoms with Gasteiger partial charge in [-0.1, -0.05) is 49.2 Å². The minimum atomic E-state index is -0.465. The van der Waals surface area contributed by atoms with Crippen LogP contribution in [-0.2, 0) is 13.0 Å². The number of amides is 1. The number of hydrogen-bond donors (Lipinski definition) is 2. The number of aromatic hydroxyl groups is 1. The van der Waals surface area contributed by atoms with Crippen LogP contribution in [0.15, 0.2) is 48.5 Å². The molecule has 0 atom stereocenters. The van der Waals surface area contributed by atoms with Gasteiger partial charge in [-0.25, -0.2) is 0 Å². The number of nitrogens with two attached hydrogens (primary N) is 1. The minimum Gasteiger partial charge on any atom is -0.508 e. The van der Waals surface area contributed by atoms with Gasteiger partial charge in [0.05, 0.1) is 5.56 Å². The highest BCUT2D eigenvalue weighted by molar-refractivity contribution is 6.30. The van der Waals surface area contributed by atoms with E-state index in [1.165, 1.54) is 0 Å². The first kappa shape index (κ1) is 19.1. The van der Waals surface area contributed by atoms with Crippen LogP contribution < -0.4 is 5.73 Å². The van der Waals surface area contributed by atoms with E-state index in [0.29, 0.717) is 17.1 Å². The molecule has 3 N–H and O–H groups in total. The number of rotatable bonds is 6. The molecule has 3 rings (SSSR count). The molecule has 0 aliphatic carbocycles. The molecule has 0 aliphatic rings. The van der Waals surface area contributed by atoms with Gasteiger partial charge in [-0.2, -0.15) is 0 Å². The van der Waals surface area contributed by atoms with Gasteiger partial charge in [-0.05, 0) is 48.7 Å². The van der Waals surface area contributed by atoms with E-state index in [2.05, 4.69) is 11.5 Å². The van der Waals surface area contributed by atoms with Crippen LogP contribution in [0.5, 0.6) is 5.75 Å². The molecular weight excluding hydrogens is 360 g/mol. The molecule has 0 aliphatic heterocycles. The molecule has 4 nitrogen and oxygen atoms in total. The summed E-state index contributed by atoms with van der Waals surface area (Å²) < 4.78 is 2.13. The molecule has 0 radical (unpaired) electrons. The van der Waals surface area contributed by atoms with Crippen LogP contribution in [0.3, 0.4) is 0 Å². The number of carbonyl (C=O) groups is 1. The fourth-order valence-corrected chi connectivity index (χ4v) is 3.81. The number of primary amides is 1. The van der Waals surface area contributed by atoms with Gasteiger partial charge >= 0.3 is 0 Å². The van der Waals surface area contributed by atoms with E-state index in [-0.39, 0.29) is 5.75 Å². The zero-order valence-electron chi connectivity index (χ0n) is 15.5. The fraction of sp³-hybridized carbons (Fsp3) is 0.227. The number of nitrogens with zero attached hydrogens (tertiary/aromatic N) is 1. The maximum absolute atomic E-state index is 12.3. The average molecular weight is 383 g/mol. The van der Waals surface area contributed by atoms with Gasteiger partial charge in [0.2, 0.25) is 0 Å². The third-order valence-corrected chi connectivity index (χ3v) is 4.96. The lowest BCUT2D eigenvalue weighted by atomic mass is 9.98. The van der Waals surface area contributed by atoms with E-state index in [1.807, 2.05) is 37.3 Å². The Bertz CT molecular complexity index is 992. The summed E-state index contributed by atoms with van der Waals surface area (Å²) in [5.41, 5.74) is 10.8. The molecule has 0 unspecified atom stereocenters. The van der Waals surface area contributed by atoms with Crippen molar-refractivity contribution < 1.29 is 9.90 Å². The van der Waals surface area contributed by atoms with E-state index in [4.69, 9.17) is 17.3 Å². The molecule has 1 amide bonds. The minimum absolute atomic E-state index is 0.158. The standard InChI is InChI=1S/C22H23ClN2O2/c1-3-6-19-21(16-8-5-10-18(26)12-16)20(22(24)27)14(2)25(19)13-15-7-4-9-17(23)11-15/h4-5,7-12,26H,3,6,13H2,1-2H3,(H2,24,27). The van der Waals surface area contributed by atoms with Gasteiger partial charge in [0.15, 0.2) is 0 Å². The molecule has 0 fully saturated rings. The van der Waals surface area contributed by atoms with Crippen LogP contribution in [0.1, 0.15) is 40.7 Å². The molecular formula is C22H23ClN2O2. The van der Waals surface area contributed by atoms with Gasteiger partial charge in [-0.15, -0.1) is 0 Å². The van der Waals surface area contributed by atoms with E-state index >= 15 is 0 Å². The van der Waals surface area contributed by atoms with Crippen LogP contribution in [0.4, 0.5) is 0 Å². The third-order valence-electron chi connectivity index (χ3n) is 4.73. The lowest BCUT2D eigenvalue weighted by Crippen LogP contribution is -2.13. The maximum atomic E-state index is 12.3. The molecule has 1 aromatic heterocycles. The molecule has 0 spiro atoms. The van der Waals surface area contributed by atoms with Gasteiger partial charge in [0.25, 0.3) is 5.91 Å². The van der Waals surface area contributed by atoms with Crippen molar-refractivity contribution in [1.82, 2.24) is 4.57 Å². The number of aromatic nitrogens is 1. The number of phenolic OH excluding ortho intramolecular Hbond substituents is 1. The average Bonchev–Trinajstić information content (AvgIpc) is 2.88. The van der Waals surface area contributed by atoms with Crippen LogP contribution >= 0.6 is 11.6 Å². The topological polar surface area (TPSA) is 68.2 Å². The predicted octanol–water partition coefficient (Wildman–Crippen LogP) is 4.92. The first-order valence-corrected chi connectivity index (χ1v) is 9.35. The second-order valence-corrected chi connectivity index (χ2v) is 7.10. The summed E-state index contributed by atoms with van der Waals surface area (Å²) in [5.74, 6) is -0.307. The molecule has 0 bridgehead atoms. The second kappa shape index (κ2) is 7.89. The Labute approximate surface area is 164 Å². The molecule has 5 heteroatoms. The summed E-state index contributed by atoms with van der Waals surface area (Å²) in [6.07, 6.45) is 1.71. The van der Waals surface area contributed by atoms with E-state index in [0.717, 1.165) is 40.9 Å². The van der Waals surface area contributed by atoms with Crippen molar-refractivity contribution in [1.29, 1.82) is 0 Å². The Morgan fingerprint density at radius 3 is 2.56 bits per heavy atom. The first-order valence-electron chi connectivity index (χ1n) is 8.98. The lowest BCUT2D eigenvalue weighted by Gasteiger charge is -2.13. The Morgan fingerprint density at radius 1 is 1.19 bits per heavy atom. The number of phenols is 1. The van der Waals surface area contributed by atoms with E-state index < -0.39 is 5.91 Å². The Kier molecular flexibility index (Phi) is 5.57. The largest absolute Gasteiger partial charge is 0.508 e. The maximum Gasteiger partial charge on any atom is 0.251 e. The predicted molar refractivity (Wildman–Crippen MR) is 109 cm³/mol. The molecule has 0 saturated heterocycles. The quantitative estimate of drug-likeness (QED) is 0.635. The molecule has 3 aromatic rings. The highest BCUT2D eigenvalue weighted by Crippen LogP contribution is 2.35. The lowest BCUT2D eigenvalue weighted by molar-refractivity contribution is 0.1000. The monoisotopic (exact) mass is 382 g/mol. The highest BCUT2D eigenvalue weighted by atomic mass is 35.5. The normalized spacial score (nSPS) is 10.9. The van der Waals surface area contributed by atoms with Crippen LogP contribution in [0.2, 0.25) is 5.02 Å². The third kappa shape index (κ3) is 3.86. The van der Waals surface area contributed by atoms with Crippen molar-refractivity contribution in [2.45, 2.75) is 33.2 Å². The first-order chi connectivity index (χ1) is 12.9.